The number of carbonyl (C=O) groups excluding carboxylic acids is 1. The van der Waals surface area contributed by atoms with Gasteiger partial charge < -0.3 is 19.5 Å². The average molecular weight is 301 g/mol. The van der Waals surface area contributed by atoms with Gasteiger partial charge in [-0.3, -0.25) is 4.79 Å². The number of ether oxygens (including phenoxy) is 1. The summed E-state index contributed by atoms with van der Waals surface area (Å²) in [6, 6.07) is 3.60. The molecule has 0 atom stereocenters. The van der Waals surface area contributed by atoms with Gasteiger partial charge >= 0.3 is 0 Å². The summed E-state index contributed by atoms with van der Waals surface area (Å²) < 4.78 is 7.27. The SMILES string of the molecule is O=C(NCCn1ccnc1)c1cccnc1N1CCOCC1. The van der Waals surface area contributed by atoms with E-state index in [1.165, 1.54) is 0 Å². The Morgan fingerprint density at radius 3 is 2.95 bits per heavy atom. The van der Waals surface area contributed by atoms with Crippen LogP contribution in [0.5, 0.6) is 0 Å². The molecule has 1 amide bonds. The van der Waals surface area contributed by atoms with Crippen LogP contribution in [0.25, 0.3) is 0 Å². The molecule has 7 heteroatoms. The molecule has 22 heavy (non-hydrogen) atoms. The summed E-state index contributed by atoms with van der Waals surface area (Å²) in [5, 5.41) is 2.93. The van der Waals surface area contributed by atoms with Crippen LogP contribution in [0.15, 0.2) is 37.1 Å². The van der Waals surface area contributed by atoms with Gasteiger partial charge in [0.2, 0.25) is 0 Å². The molecule has 1 fully saturated rings. The van der Waals surface area contributed by atoms with Crippen molar-refractivity contribution in [2.45, 2.75) is 6.54 Å². The highest BCUT2D eigenvalue weighted by atomic mass is 16.5. The van der Waals surface area contributed by atoms with Gasteiger partial charge in [0.15, 0.2) is 0 Å². The van der Waals surface area contributed by atoms with Crippen LogP contribution in [0, 0.1) is 0 Å². The standard InChI is InChI=1S/C15H19N5O2/c21-15(18-5-7-19-6-4-16-12-19)13-2-1-3-17-14(13)20-8-10-22-11-9-20/h1-4,6,12H,5,7-11H2,(H,18,21). The van der Waals surface area contributed by atoms with Crippen LogP contribution in [0.1, 0.15) is 10.4 Å². The zero-order valence-electron chi connectivity index (χ0n) is 12.3. The van der Waals surface area contributed by atoms with E-state index in [1.807, 2.05) is 16.8 Å². The third-order valence-electron chi connectivity index (χ3n) is 3.56. The topological polar surface area (TPSA) is 72.3 Å². The molecule has 0 aromatic carbocycles. The fourth-order valence-electron chi connectivity index (χ4n) is 2.41. The molecule has 2 aromatic heterocycles. The van der Waals surface area contributed by atoms with Crippen LogP contribution in [-0.2, 0) is 11.3 Å². The van der Waals surface area contributed by atoms with Gasteiger partial charge in [0.25, 0.3) is 5.91 Å². The molecule has 1 N–H and O–H groups in total. The summed E-state index contributed by atoms with van der Waals surface area (Å²) in [4.78, 5) is 22.8. The number of hydrogen-bond acceptors (Lipinski definition) is 5. The van der Waals surface area contributed by atoms with Gasteiger partial charge in [-0.2, -0.15) is 0 Å². The first-order chi connectivity index (χ1) is 10.8. The molecule has 0 spiro atoms. The number of nitrogens with one attached hydrogen (secondary N) is 1. The van der Waals surface area contributed by atoms with E-state index >= 15 is 0 Å². The Kier molecular flexibility index (Phi) is 4.65. The molecular weight excluding hydrogens is 282 g/mol. The first-order valence-electron chi connectivity index (χ1n) is 7.36. The molecule has 1 aliphatic heterocycles. The number of amides is 1. The van der Waals surface area contributed by atoms with Crippen LogP contribution in [0.4, 0.5) is 5.82 Å². The number of nitrogens with zero attached hydrogens (tertiary/aromatic N) is 4. The molecule has 1 saturated heterocycles. The highest BCUT2D eigenvalue weighted by Crippen LogP contribution is 2.18. The predicted octanol–water partition coefficient (Wildman–Crippen LogP) is 0.545. The quantitative estimate of drug-likeness (QED) is 0.873. The molecule has 0 unspecified atom stereocenters. The van der Waals surface area contributed by atoms with E-state index in [4.69, 9.17) is 4.74 Å². The van der Waals surface area contributed by atoms with Crippen molar-refractivity contribution in [1.82, 2.24) is 19.9 Å². The van der Waals surface area contributed by atoms with Crippen molar-refractivity contribution in [2.75, 3.05) is 37.7 Å². The summed E-state index contributed by atoms with van der Waals surface area (Å²) in [7, 11) is 0. The maximum atomic E-state index is 12.4. The van der Waals surface area contributed by atoms with Crippen LogP contribution >= 0.6 is 0 Å². The van der Waals surface area contributed by atoms with Crippen molar-refractivity contribution in [1.29, 1.82) is 0 Å². The Bertz CT molecular complexity index is 608. The zero-order chi connectivity index (χ0) is 15.2. The lowest BCUT2D eigenvalue weighted by atomic mass is 10.2. The number of morpholine rings is 1. The van der Waals surface area contributed by atoms with Gasteiger partial charge in [0, 0.05) is 44.8 Å². The summed E-state index contributed by atoms with van der Waals surface area (Å²) >= 11 is 0. The molecule has 0 bridgehead atoms. The lowest BCUT2D eigenvalue weighted by molar-refractivity contribution is 0.0950. The monoisotopic (exact) mass is 301 g/mol. The maximum Gasteiger partial charge on any atom is 0.255 e. The van der Waals surface area contributed by atoms with Crippen molar-refractivity contribution in [3.05, 3.63) is 42.6 Å². The minimum atomic E-state index is -0.102. The van der Waals surface area contributed by atoms with E-state index in [2.05, 4.69) is 20.2 Å². The molecular formula is C15H19N5O2. The first-order valence-corrected chi connectivity index (χ1v) is 7.36. The molecule has 7 nitrogen and oxygen atoms in total. The molecule has 1 aliphatic rings. The Balaban J connectivity index is 1.64. The number of rotatable bonds is 5. The van der Waals surface area contributed by atoms with Gasteiger partial charge in [-0.15, -0.1) is 0 Å². The van der Waals surface area contributed by atoms with Crippen molar-refractivity contribution in [3.8, 4) is 0 Å². The van der Waals surface area contributed by atoms with Crippen molar-refractivity contribution < 1.29 is 9.53 Å². The van der Waals surface area contributed by atoms with Gasteiger partial charge in [-0.05, 0) is 12.1 Å². The summed E-state index contributed by atoms with van der Waals surface area (Å²) in [6.45, 7) is 4.08. The third kappa shape index (κ3) is 3.43. The molecule has 2 aromatic rings. The maximum absolute atomic E-state index is 12.4. The normalized spacial score (nSPS) is 14.8. The lowest BCUT2D eigenvalue weighted by Gasteiger charge is -2.29. The van der Waals surface area contributed by atoms with E-state index in [-0.39, 0.29) is 5.91 Å². The van der Waals surface area contributed by atoms with E-state index in [9.17, 15) is 4.79 Å². The van der Waals surface area contributed by atoms with Crippen LogP contribution in [0.2, 0.25) is 0 Å². The smallest absolute Gasteiger partial charge is 0.255 e. The minimum absolute atomic E-state index is 0.102. The first kappa shape index (κ1) is 14.5. The second kappa shape index (κ2) is 7.04. The fraction of sp³-hybridized carbons (Fsp3) is 0.400. The second-order valence-corrected chi connectivity index (χ2v) is 5.03. The fourth-order valence-corrected chi connectivity index (χ4v) is 2.41. The van der Waals surface area contributed by atoms with Crippen molar-refractivity contribution >= 4 is 11.7 Å². The van der Waals surface area contributed by atoms with E-state index < -0.39 is 0 Å². The number of aromatic nitrogens is 3. The van der Waals surface area contributed by atoms with Gasteiger partial charge in [-0.25, -0.2) is 9.97 Å². The van der Waals surface area contributed by atoms with Gasteiger partial charge in [-0.1, -0.05) is 0 Å². The van der Waals surface area contributed by atoms with Crippen LogP contribution in [0.3, 0.4) is 0 Å². The second-order valence-electron chi connectivity index (χ2n) is 5.03. The highest BCUT2D eigenvalue weighted by Gasteiger charge is 2.19. The lowest BCUT2D eigenvalue weighted by Crippen LogP contribution is -2.38. The number of anilines is 1. The predicted molar refractivity (Wildman–Crippen MR) is 81.8 cm³/mol. The third-order valence-corrected chi connectivity index (χ3v) is 3.56. The molecule has 116 valence electrons. The van der Waals surface area contributed by atoms with Crippen LogP contribution in [-0.4, -0.2) is 53.3 Å². The molecule has 0 saturated carbocycles. The molecule has 3 heterocycles. The van der Waals surface area contributed by atoms with Gasteiger partial charge in [0.1, 0.15) is 5.82 Å². The van der Waals surface area contributed by atoms with Gasteiger partial charge in [0.05, 0.1) is 25.1 Å². The van der Waals surface area contributed by atoms with E-state index in [1.54, 1.807) is 24.8 Å². The Morgan fingerprint density at radius 1 is 1.32 bits per heavy atom. The van der Waals surface area contributed by atoms with E-state index in [0.717, 1.165) is 18.9 Å². The molecule has 3 rings (SSSR count). The minimum Gasteiger partial charge on any atom is -0.378 e. The van der Waals surface area contributed by atoms with Crippen molar-refractivity contribution in [3.63, 3.8) is 0 Å². The number of imidazole rings is 1. The zero-order valence-corrected chi connectivity index (χ0v) is 12.3. The van der Waals surface area contributed by atoms with Crippen molar-refractivity contribution in [2.24, 2.45) is 0 Å². The summed E-state index contributed by atoms with van der Waals surface area (Å²) in [5.41, 5.74) is 0.607. The number of pyridine rings is 1. The summed E-state index contributed by atoms with van der Waals surface area (Å²) in [6.07, 6.45) is 7.04. The number of carbonyl (C=O) groups is 1. The molecule has 0 aliphatic carbocycles. The van der Waals surface area contributed by atoms with Crippen LogP contribution < -0.4 is 10.2 Å². The molecule has 0 radical (unpaired) electrons. The Morgan fingerprint density at radius 2 is 2.18 bits per heavy atom. The average Bonchev–Trinajstić information content (AvgIpc) is 3.09. The Hall–Kier alpha value is -2.41. The summed E-state index contributed by atoms with van der Waals surface area (Å²) in [5.74, 6) is 0.626. The van der Waals surface area contributed by atoms with E-state index in [0.29, 0.717) is 31.9 Å². The highest BCUT2D eigenvalue weighted by molar-refractivity contribution is 5.98. The largest absolute Gasteiger partial charge is 0.378 e. The Labute approximate surface area is 128 Å². The number of hydrogen-bond donors (Lipinski definition) is 1.